The van der Waals surface area contributed by atoms with Crippen LogP contribution in [0.4, 0.5) is 0 Å². The van der Waals surface area contributed by atoms with E-state index in [1.807, 2.05) is 0 Å². The van der Waals surface area contributed by atoms with Crippen LogP contribution in [0.15, 0.2) is 6.20 Å². The van der Waals surface area contributed by atoms with Crippen molar-refractivity contribution in [2.24, 2.45) is 0 Å². The molecule has 0 aliphatic carbocycles. The summed E-state index contributed by atoms with van der Waals surface area (Å²) in [5, 5.41) is 16.9. The molecule has 0 saturated heterocycles. The number of hydrogen-bond donors (Lipinski definition) is 2. The van der Waals surface area contributed by atoms with Gasteiger partial charge in [-0.1, -0.05) is 0 Å². The second-order valence-electron chi connectivity index (χ2n) is 1.16. The number of carboxylic acid groups (broad SMARTS) is 1. The van der Waals surface area contributed by atoms with Crippen molar-refractivity contribution in [3.63, 3.8) is 0 Å². The first-order valence-corrected chi connectivity index (χ1v) is 1.90. The number of carboxylic acids is 1. The average Bonchev–Trinajstić information content (AvgIpc) is 2.12. The van der Waals surface area contributed by atoms with Gasteiger partial charge in [0, 0.05) is 17.1 Å². The van der Waals surface area contributed by atoms with Crippen molar-refractivity contribution < 1.29 is 27.0 Å². The minimum atomic E-state index is -1.07. The molecule has 0 spiro atoms. The number of aromatic nitrogens is 3. The van der Waals surface area contributed by atoms with E-state index in [1.54, 1.807) is 0 Å². The molecule has 0 fully saturated rings. The Hall–Kier alpha value is -0.871. The zero-order chi connectivity index (χ0) is 5.98. The van der Waals surface area contributed by atoms with Crippen LogP contribution in [-0.2, 0) is 17.1 Å². The average molecular weight is 177 g/mol. The SMILES string of the molecule is O=C(O)c1cn[nH]n1.[Cu]. The molecule has 0 saturated carbocycles. The molecule has 2 N–H and O–H groups in total. The van der Waals surface area contributed by atoms with Gasteiger partial charge in [-0.05, 0) is 0 Å². The number of aromatic carboxylic acids is 1. The van der Waals surface area contributed by atoms with Gasteiger partial charge in [-0.15, -0.1) is 5.10 Å². The zero-order valence-electron chi connectivity index (χ0n) is 4.13. The second kappa shape index (κ2) is 3.21. The quantitative estimate of drug-likeness (QED) is 0.566. The van der Waals surface area contributed by atoms with Crippen molar-refractivity contribution in [2.75, 3.05) is 0 Å². The summed E-state index contributed by atoms with van der Waals surface area (Å²) in [4.78, 5) is 9.94. The molecule has 0 bridgehead atoms. The van der Waals surface area contributed by atoms with Crippen LogP contribution in [0.1, 0.15) is 10.5 Å². The normalized spacial score (nSPS) is 8.00. The maximum atomic E-state index is 9.94. The summed E-state index contributed by atoms with van der Waals surface area (Å²) >= 11 is 0. The molecule has 9 heavy (non-hydrogen) atoms. The molecule has 0 aromatic carbocycles. The summed E-state index contributed by atoms with van der Waals surface area (Å²) in [6.45, 7) is 0. The van der Waals surface area contributed by atoms with Crippen LogP contribution in [0.3, 0.4) is 0 Å². The van der Waals surface area contributed by atoms with Crippen LogP contribution in [0.25, 0.3) is 0 Å². The molecule has 1 radical (unpaired) electrons. The van der Waals surface area contributed by atoms with Gasteiger partial charge in [0.2, 0.25) is 0 Å². The third kappa shape index (κ3) is 1.83. The first-order chi connectivity index (χ1) is 3.80. The van der Waals surface area contributed by atoms with E-state index in [2.05, 4.69) is 15.4 Å². The van der Waals surface area contributed by atoms with Crippen LogP contribution in [0.2, 0.25) is 0 Å². The van der Waals surface area contributed by atoms with Crippen molar-refractivity contribution in [3.8, 4) is 0 Å². The predicted octanol–water partition coefficient (Wildman–Crippen LogP) is -0.500. The first kappa shape index (κ1) is 8.13. The van der Waals surface area contributed by atoms with Crippen molar-refractivity contribution in [1.82, 2.24) is 15.4 Å². The Morgan fingerprint density at radius 2 is 2.44 bits per heavy atom. The number of carbonyl (C=O) groups is 1. The molecule has 5 nitrogen and oxygen atoms in total. The monoisotopic (exact) mass is 176 g/mol. The van der Waals surface area contributed by atoms with Crippen LogP contribution >= 0.6 is 0 Å². The third-order valence-electron chi connectivity index (χ3n) is 0.634. The van der Waals surface area contributed by atoms with Gasteiger partial charge in [0.15, 0.2) is 5.69 Å². The Balaban J connectivity index is 0.000000640. The fourth-order valence-electron chi connectivity index (χ4n) is 0.305. The maximum Gasteiger partial charge on any atom is 0.358 e. The minimum Gasteiger partial charge on any atom is -0.476 e. The summed E-state index contributed by atoms with van der Waals surface area (Å²) in [5.74, 6) is -1.07. The summed E-state index contributed by atoms with van der Waals surface area (Å²) in [7, 11) is 0. The van der Waals surface area contributed by atoms with E-state index in [-0.39, 0.29) is 22.8 Å². The Kier molecular flexibility index (Phi) is 2.90. The van der Waals surface area contributed by atoms with Crippen LogP contribution in [-0.4, -0.2) is 26.5 Å². The van der Waals surface area contributed by atoms with Gasteiger partial charge in [0.25, 0.3) is 0 Å². The second-order valence-corrected chi connectivity index (χ2v) is 1.16. The van der Waals surface area contributed by atoms with Gasteiger partial charge in [0.05, 0.1) is 6.20 Å². The molecule has 0 aliphatic rings. The van der Waals surface area contributed by atoms with Crippen LogP contribution in [0.5, 0.6) is 0 Å². The molecule has 1 aromatic rings. The summed E-state index contributed by atoms with van der Waals surface area (Å²) < 4.78 is 0. The zero-order valence-corrected chi connectivity index (χ0v) is 5.07. The maximum absolute atomic E-state index is 9.94. The van der Waals surface area contributed by atoms with E-state index in [0.29, 0.717) is 0 Å². The number of nitrogens with one attached hydrogen (secondary N) is 1. The van der Waals surface area contributed by atoms with Gasteiger partial charge in [-0.3, -0.25) is 0 Å². The first-order valence-electron chi connectivity index (χ1n) is 1.90. The number of hydrogen-bond acceptors (Lipinski definition) is 3. The number of rotatable bonds is 1. The number of H-pyrrole nitrogens is 1. The Morgan fingerprint density at radius 3 is 2.67 bits per heavy atom. The molecular formula is C3H3CuN3O2. The summed E-state index contributed by atoms with van der Waals surface area (Å²) in [6, 6.07) is 0. The van der Waals surface area contributed by atoms with E-state index in [0.717, 1.165) is 6.20 Å². The molecule has 53 valence electrons. The van der Waals surface area contributed by atoms with Gasteiger partial charge >= 0.3 is 5.97 Å². The van der Waals surface area contributed by atoms with Gasteiger partial charge in [0.1, 0.15) is 0 Å². The molecule has 0 atom stereocenters. The van der Waals surface area contributed by atoms with E-state index in [1.165, 1.54) is 0 Å². The Bertz CT molecular complexity index is 185. The summed E-state index contributed by atoms with van der Waals surface area (Å²) in [6.07, 6.45) is 1.14. The van der Waals surface area contributed by atoms with Crippen molar-refractivity contribution in [3.05, 3.63) is 11.9 Å². The van der Waals surface area contributed by atoms with Crippen molar-refractivity contribution in [1.29, 1.82) is 0 Å². The van der Waals surface area contributed by atoms with E-state index in [4.69, 9.17) is 5.11 Å². The van der Waals surface area contributed by atoms with Gasteiger partial charge < -0.3 is 5.11 Å². The topological polar surface area (TPSA) is 78.9 Å². The molecule has 1 aromatic heterocycles. The predicted molar refractivity (Wildman–Crippen MR) is 23.3 cm³/mol. The van der Waals surface area contributed by atoms with Gasteiger partial charge in [-0.2, -0.15) is 10.3 Å². The smallest absolute Gasteiger partial charge is 0.358 e. The fraction of sp³-hybridized carbons (Fsp3) is 0. The summed E-state index contributed by atoms with van der Waals surface area (Å²) in [5.41, 5.74) is -0.0648. The number of nitrogens with zero attached hydrogens (tertiary/aromatic N) is 2. The van der Waals surface area contributed by atoms with Crippen LogP contribution < -0.4 is 0 Å². The molecular weight excluding hydrogens is 174 g/mol. The number of aromatic amines is 1. The Labute approximate surface area is 60.9 Å². The molecule has 1 rings (SSSR count). The fourth-order valence-corrected chi connectivity index (χ4v) is 0.305. The van der Waals surface area contributed by atoms with Crippen molar-refractivity contribution in [2.45, 2.75) is 0 Å². The van der Waals surface area contributed by atoms with Crippen molar-refractivity contribution >= 4 is 5.97 Å². The molecule has 6 heteroatoms. The van der Waals surface area contributed by atoms with Crippen LogP contribution in [0, 0.1) is 0 Å². The van der Waals surface area contributed by atoms with E-state index >= 15 is 0 Å². The molecule has 0 amide bonds. The molecule has 1 heterocycles. The van der Waals surface area contributed by atoms with E-state index < -0.39 is 5.97 Å². The molecule has 0 aliphatic heterocycles. The Morgan fingerprint density at radius 1 is 1.78 bits per heavy atom. The third-order valence-corrected chi connectivity index (χ3v) is 0.634. The van der Waals surface area contributed by atoms with E-state index in [9.17, 15) is 4.79 Å². The molecule has 0 unspecified atom stereocenters. The minimum absolute atomic E-state index is 0. The standard InChI is InChI=1S/C3H3N3O2.Cu/c7-3(8)2-1-4-6-5-2;/h1H,(H,7,8)(H,4,5,6);. The largest absolute Gasteiger partial charge is 0.476 e. The van der Waals surface area contributed by atoms with Gasteiger partial charge in [-0.25, -0.2) is 4.79 Å².